The lowest BCUT2D eigenvalue weighted by molar-refractivity contribution is 0.346. The van der Waals surface area contributed by atoms with Crippen molar-refractivity contribution >= 4 is 0 Å². The van der Waals surface area contributed by atoms with Gasteiger partial charge in [0.15, 0.2) is 11.5 Å². The van der Waals surface area contributed by atoms with E-state index < -0.39 is 0 Å². The maximum absolute atomic E-state index is 5.45. The molecular weight excluding hydrogens is 242 g/mol. The fourth-order valence-corrected chi connectivity index (χ4v) is 1.96. The molecule has 0 aliphatic carbocycles. The fourth-order valence-electron chi connectivity index (χ4n) is 1.96. The molecule has 1 aromatic rings. The van der Waals surface area contributed by atoms with Crippen LogP contribution in [-0.4, -0.2) is 28.4 Å². The highest BCUT2D eigenvalue weighted by molar-refractivity contribution is 5.52. The molecule has 0 aliphatic rings. The lowest BCUT2D eigenvalue weighted by Crippen LogP contribution is -2.15. The van der Waals surface area contributed by atoms with Crippen LogP contribution in [0, 0.1) is 0 Å². The molecule has 0 spiro atoms. The molecule has 1 unspecified atom stereocenters. The molecule has 1 atom stereocenters. The summed E-state index contributed by atoms with van der Waals surface area (Å²) < 4.78 is 16.1. The lowest BCUT2D eigenvalue weighted by Gasteiger charge is -2.19. The van der Waals surface area contributed by atoms with Gasteiger partial charge in [-0.2, -0.15) is 0 Å². The molecule has 1 N–H and O–H groups in total. The highest BCUT2D eigenvalue weighted by atomic mass is 16.5. The van der Waals surface area contributed by atoms with Gasteiger partial charge in [-0.1, -0.05) is 11.6 Å². The summed E-state index contributed by atoms with van der Waals surface area (Å²) in [6.07, 6.45) is 2.14. The number of nitrogens with one attached hydrogen (secondary N) is 1. The minimum atomic E-state index is 0.0692. The zero-order valence-corrected chi connectivity index (χ0v) is 12.5. The minimum Gasteiger partial charge on any atom is -0.496 e. The first-order valence-electron chi connectivity index (χ1n) is 6.19. The van der Waals surface area contributed by atoms with E-state index in [4.69, 9.17) is 14.2 Å². The van der Waals surface area contributed by atoms with Crippen molar-refractivity contribution in [3.63, 3.8) is 0 Å². The van der Waals surface area contributed by atoms with Gasteiger partial charge in [0.25, 0.3) is 0 Å². The smallest absolute Gasteiger partial charge is 0.164 e. The van der Waals surface area contributed by atoms with E-state index in [1.54, 1.807) is 21.3 Å². The van der Waals surface area contributed by atoms with Crippen molar-refractivity contribution in [1.82, 2.24) is 5.32 Å². The molecule has 4 nitrogen and oxygen atoms in total. The van der Waals surface area contributed by atoms with E-state index in [2.05, 4.69) is 25.2 Å². The van der Waals surface area contributed by atoms with Crippen LogP contribution in [0.15, 0.2) is 23.8 Å². The van der Waals surface area contributed by atoms with Gasteiger partial charge in [0.05, 0.1) is 27.4 Å². The van der Waals surface area contributed by atoms with E-state index in [0.29, 0.717) is 11.5 Å². The van der Waals surface area contributed by atoms with Gasteiger partial charge in [-0.05, 0) is 27.0 Å². The van der Waals surface area contributed by atoms with Gasteiger partial charge in [0.1, 0.15) is 5.75 Å². The van der Waals surface area contributed by atoms with Crippen LogP contribution in [0.1, 0.15) is 25.5 Å². The molecule has 4 heteroatoms. The monoisotopic (exact) mass is 265 g/mol. The molecule has 0 radical (unpaired) electrons. The van der Waals surface area contributed by atoms with E-state index >= 15 is 0 Å². The van der Waals surface area contributed by atoms with Crippen LogP contribution in [-0.2, 0) is 0 Å². The molecule has 0 fully saturated rings. The molecule has 0 bridgehead atoms. The summed E-state index contributed by atoms with van der Waals surface area (Å²) in [6.45, 7) is 4.13. The average molecular weight is 265 g/mol. The predicted octanol–water partition coefficient (Wildman–Crippen LogP) is 2.94. The fraction of sp³-hybridized carbons (Fsp3) is 0.467. The summed E-state index contributed by atoms with van der Waals surface area (Å²) in [5, 5.41) is 3.26. The van der Waals surface area contributed by atoms with Crippen molar-refractivity contribution in [1.29, 1.82) is 0 Å². The molecule has 106 valence electrons. The largest absolute Gasteiger partial charge is 0.496 e. The Morgan fingerprint density at radius 1 is 1.00 bits per heavy atom. The van der Waals surface area contributed by atoms with Crippen LogP contribution < -0.4 is 19.5 Å². The quantitative estimate of drug-likeness (QED) is 0.803. The van der Waals surface area contributed by atoms with E-state index in [9.17, 15) is 0 Å². The molecule has 0 saturated heterocycles. The topological polar surface area (TPSA) is 39.7 Å². The number of hydrogen-bond acceptors (Lipinski definition) is 4. The van der Waals surface area contributed by atoms with Gasteiger partial charge in [-0.15, -0.1) is 0 Å². The number of methoxy groups -OCH3 is 3. The van der Waals surface area contributed by atoms with Crippen molar-refractivity contribution in [2.24, 2.45) is 0 Å². The minimum absolute atomic E-state index is 0.0692. The Morgan fingerprint density at radius 3 is 1.95 bits per heavy atom. The standard InChI is InChI=1S/C15H23NO3/c1-10(2)7-12(16-3)11-8-14(18-5)15(19-6)9-13(11)17-4/h7-9,12,16H,1-6H3. The lowest BCUT2D eigenvalue weighted by atomic mass is 10.0. The third-order valence-electron chi connectivity index (χ3n) is 2.88. The summed E-state index contributed by atoms with van der Waals surface area (Å²) in [4.78, 5) is 0. The molecule has 0 aliphatic heterocycles. The van der Waals surface area contributed by atoms with E-state index in [0.717, 1.165) is 11.3 Å². The van der Waals surface area contributed by atoms with Crippen LogP contribution in [0.5, 0.6) is 17.2 Å². The zero-order chi connectivity index (χ0) is 14.4. The highest BCUT2D eigenvalue weighted by Gasteiger charge is 2.17. The Kier molecular flexibility index (Phi) is 5.70. The molecule has 0 aromatic heterocycles. The number of likely N-dealkylation sites (N-methyl/N-ethyl adjacent to an activating group) is 1. The SMILES string of the molecule is CNC(C=C(C)C)c1cc(OC)c(OC)cc1OC. The second-order valence-electron chi connectivity index (χ2n) is 4.46. The van der Waals surface area contributed by atoms with Gasteiger partial charge >= 0.3 is 0 Å². The molecular formula is C15H23NO3. The predicted molar refractivity (Wildman–Crippen MR) is 77.3 cm³/mol. The first-order valence-corrected chi connectivity index (χ1v) is 6.19. The van der Waals surface area contributed by atoms with Crippen molar-refractivity contribution in [3.05, 3.63) is 29.3 Å². The third-order valence-corrected chi connectivity index (χ3v) is 2.88. The summed E-state index contributed by atoms with van der Waals surface area (Å²) in [5.41, 5.74) is 2.25. The Hall–Kier alpha value is -1.68. The molecule has 0 amide bonds. The number of allylic oxidation sites excluding steroid dienone is 1. The van der Waals surface area contributed by atoms with Crippen LogP contribution in [0.2, 0.25) is 0 Å². The van der Waals surface area contributed by atoms with Crippen LogP contribution in [0.4, 0.5) is 0 Å². The van der Waals surface area contributed by atoms with Crippen LogP contribution >= 0.6 is 0 Å². The van der Waals surface area contributed by atoms with E-state index in [1.165, 1.54) is 5.57 Å². The van der Waals surface area contributed by atoms with Crippen molar-refractivity contribution in [3.8, 4) is 17.2 Å². The molecule has 0 heterocycles. The van der Waals surface area contributed by atoms with Crippen molar-refractivity contribution < 1.29 is 14.2 Å². The van der Waals surface area contributed by atoms with Gasteiger partial charge < -0.3 is 19.5 Å². The van der Waals surface area contributed by atoms with Gasteiger partial charge in [-0.3, -0.25) is 0 Å². The highest BCUT2D eigenvalue weighted by Crippen LogP contribution is 2.37. The Labute approximate surface area is 115 Å². The second-order valence-corrected chi connectivity index (χ2v) is 4.46. The van der Waals surface area contributed by atoms with Gasteiger partial charge in [0.2, 0.25) is 0 Å². The average Bonchev–Trinajstić information content (AvgIpc) is 2.42. The maximum Gasteiger partial charge on any atom is 0.164 e. The normalized spacial score (nSPS) is 11.7. The summed E-state index contributed by atoms with van der Waals surface area (Å²) in [5.74, 6) is 2.13. The van der Waals surface area contributed by atoms with E-state index in [-0.39, 0.29) is 6.04 Å². The number of hydrogen-bond donors (Lipinski definition) is 1. The van der Waals surface area contributed by atoms with E-state index in [1.807, 2.05) is 19.2 Å². The first-order chi connectivity index (χ1) is 9.07. The van der Waals surface area contributed by atoms with Crippen molar-refractivity contribution in [2.75, 3.05) is 28.4 Å². The Morgan fingerprint density at radius 2 is 1.53 bits per heavy atom. The van der Waals surface area contributed by atoms with Crippen molar-refractivity contribution in [2.45, 2.75) is 19.9 Å². The first kappa shape index (κ1) is 15.4. The maximum atomic E-state index is 5.45. The summed E-state index contributed by atoms with van der Waals surface area (Å²) in [6, 6.07) is 3.86. The number of ether oxygens (including phenoxy) is 3. The molecule has 0 saturated carbocycles. The van der Waals surface area contributed by atoms with Gasteiger partial charge in [-0.25, -0.2) is 0 Å². The molecule has 19 heavy (non-hydrogen) atoms. The molecule has 1 aromatic carbocycles. The third kappa shape index (κ3) is 3.64. The second kappa shape index (κ2) is 7.04. The van der Waals surface area contributed by atoms with Gasteiger partial charge in [0, 0.05) is 11.6 Å². The summed E-state index contributed by atoms with van der Waals surface area (Å²) >= 11 is 0. The van der Waals surface area contributed by atoms with Crippen LogP contribution in [0.25, 0.3) is 0 Å². The zero-order valence-electron chi connectivity index (χ0n) is 12.5. The molecule has 1 rings (SSSR count). The number of rotatable bonds is 6. The number of benzene rings is 1. The Bertz CT molecular complexity index is 451. The van der Waals surface area contributed by atoms with Crippen LogP contribution in [0.3, 0.4) is 0 Å². The summed E-state index contributed by atoms with van der Waals surface area (Å²) in [7, 11) is 6.81. The Balaban J connectivity index is 3.35.